The smallest absolute Gasteiger partial charge is 0.246 e. The van der Waals surface area contributed by atoms with Crippen LogP contribution in [0.2, 0.25) is 0 Å². The van der Waals surface area contributed by atoms with Crippen molar-refractivity contribution >= 4 is 5.91 Å². The van der Waals surface area contributed by atoms with E-state index in [2.05, 4.69) is 26.8 Å². The number of carbonyl (C=O) groups is 1. The van der Waals surface area contributed by atoms with Crippen LogP contribution in [0, 0.1) is 40.4 Å². The number of hydroxylamine groups is 2. The Balaban J connectivity index is 1.24. The van der Waals surface area contributed by atoms with Gasteiger partial charge in [0.1, 0.15) is 0 Å². The van der Waals surface area contributed by atoms with Crippen LogP contribution in [0.4, 0.5) is 0 Å². The van der Waals surface area contributed by atoms with Gasteiger partial charge in [0.25, 0.3) is 0 Å². The maximum atomic E-state index is 12.8. The fraction of sp³-hybridized carbons (Fsp3) is 0.897. The SMILES string of the molecule is C[C@H](CCC(=O)N1CCCCCO1)[C@H]1CC[C@H]2[C@@H]3CC=C4C[C@@H](O)CC[C@]4(C)[C@H]3CC[C@]12C. The van der Waals surface area contributed by atoms with Crippen molar-refractivity contribution in [3.63, 3.8) is 0 Å². The molecule has 1 heterocycles. The van der Waals surface area contributed by atoms with Gasteiger partial charge in [0.2, 0.25) is 5.91 Å². The molecule has 0 unspecified atom stereocenters. The zero-order valence-corrected chi connectivity index (χ0v) is 21.4. The molecule has 8 atom stereocenters. The second kappa shape index (κ2) is 9.30. The minimum Gasteiger partial charge on any atom is -0.393 e. The standard InChI is InChI=1S/C29H47NO3/c1-20(7-12-27(32)30-17-5-4-6-18-33-30)24-10-11-25-23-9-8-21-19-22(31)13-15-28(21,2)26(23)14-16-29(24,25)3/h8,20,22-26,31H,4-7,9-19H2,1-3H3/t20-,22+,23+,24-,25+,26+,28+,29-/m1/s1. The lowest BCUT2D eigenvalue weighted by atomic mass is 9.47. The van der Waals surface area contributed by atoms with Crippen LogP contribution in [-0.2, 0) is 9.63 Å². The third kappa shape index (κ3) is 4.22. The van der Waals surface area contributed by atoms with Crippen LogP contribution < -0.4 is 0 Å². The molecule has 4 fully saturated rings. The van der Waals surface area contributed by atoms with Crippen LogP contribution in [0.5, 0.6) is 0 Å². The summed E-state index contributed by atoms with van der Waals surface area (Å²) in [6, 6.07) is 0. The number of hydrogen-bond acceptors (Lipinski definition) is 3. The maximum Gasteiger partial charge on any atom is 0.246 e. The van der Waals surface area contributed by atoms with Crippen LogP contribution in [-0.4, -0.2) is 35.3 Å². The van der Waals surface area contributed by atoms with Gasteiger partial charge in [-0.1, -0.05) is 32.4 Å². The number of allylic oxidation sites excluding steroid dienone is 1. The predicted molar refractivity (Wildman–Crippen MR) is 131 cm³/mol. The number of carbonyl (C=O) groups excluding carboxylic acids is 1. The molecule has 4 nitrogen and oxygen atoms in total. The Bertz CT molecular complexity index is 756. The summed E-state index contributed by atoms with van der Waals surface area (Å²) >= 11 is 0. The minimum atomic E-state index is -0.117. The van der Waals surface area contributed by atoms with Gasteiger partial charge in [-0.25, -0.2) is 5.06 Å². The molecule has 1 saturated heterocycles. The van der Waals surface area contributed by atoms with Gasteiger partial charge in [-0.3, -0.25) is 9.63 Å². The molecule has 0 radical (unpaired) electrons. The van der Waals surface area contributed by atoms with Crippen LogP contribution in [0.25, 0.3) is 0 Å². The topological polar surface area (TPSA) is 49.8 Å². The second-order valence-electron chi connectivity index (χ2n) is 12.8. The number of aliphatic hydroxyl groups excluding tert-OH is 1. The van der Waals surface area contributed by atoms with Crippen molar-refractivity contribution in [3.8, 4) is 0 Å². The molecule has 5 aliphatic rings. The molecule has 0 spiro atoms. The van der Waals surface area contributed by atoms with Gasteiger partial charge in [0.15, 0.2) is 0 Å². The van der Waals surface area contributed by atoms with E-state index in [1.807, 2.05) is 0 Å². The summed E-state index contributed by atoms with van der Waals surface area (Å²) in [6.45, 7) is 9.01. The predicted octanol–water partition coefficient (Wildman–Crippen LogP) is 6.29. The van der Waals surface area contributed by atoms with Crippen molar-refractivity contribution in [2.45, 2.75) is 110 Å². The molecule has 0 bridgehead atoms. The maximum absolute atomic E-state index is 12.8. The molecule has 0 aromatic heterocycles. The van der Waals surface area contributed by atoms with Crippen LogP contribution in [0.1, 0.15) is 104 Å². The summed E-state index contributed by atoms with van der Waals surface area (Å²) in [5.41, 5.74) is 2.33. The van der Waals surface area contributed by atoms with Crippen LogP contribution in [0.15, 0.2) is 11.6 Å². The number of nitrogens with zero attached hydrogens (tertiary/aromatic N) is 1. The normalized spacial score (nSPS) is 44.2. The van der Waals surface area contributed by atoms with Gasteiger partial charge in [0.05, 0.1) is 12.7 Å². The van der Waals surface area contributed by atoms with Crippen molar-refractivity contribution in [3.05, 3.63) is 11.6 Å². The number of hydrogen-bond donors (Lipinski definition) is 1. The van der Waals surface area contributed by atoms with Gasteiger partial charge in [-0.15, -0.1) is 0 Å². The highest BCUT2D eigenvalue weighted by Gasteiger charge is 2.59. The first-order valence-electron chi connectivity index (χ1n) is 14.1. The highest BCUT2D eigenvalue weighted by Crippen LogP contribution is 2.67. The first-order valence-corrected chi connectivity index (χ1v) is 14.1. The lowest BCUT2D eigenvalue weighted by Crippen LogP contribution is -2.50. The average Bonchev–Trinajstić information content (AvgIpc) is 2.96. The van der Waals surface area contributed by atoms with E-state index in [4.69, 9.17) is 4.84 Å². The van der Waals surface area contributed by atoms with E-state index < -0.39 is 0 Å². The van der Waals surface area contributed by atoms with Gasteiger partial charge in [-0.2, -0.15) is 0 Å². The van der Waals surface area contributed by atoms with E-state index in [0.717, 1.165) is 62.3 Å². The lowest BCUT2D eigenvalue weighted by molar-refractivity contribution is -0.184. The molecular formula is C29H47NO3. The third-order valence-corrected chi connectivity index (χ3v) is 11.2. The number of rotatable bonds is 4. The first kappa shape index (κ1) is 23.9. The van der Waals surface area contributed by atoms with E-state index in [1.165, 1.54) is 44.9 Å². The highest BCUT2D eigenvalue weighted by atomic mass is 16.7. The summed E-state index contributed by atoms with van der Waals surface area (Å²) in [6.07, 6.45) is 17.1. The van der Waals surface area contributed by atoms with E-state index in [1.54, 1.807) is 10.6 Å². The van der Waals surface area contributed by atoms with E-state index in [9.17, 15) is 9.90 Å². The van der Waals surface area contributed by atoms with Crippen molar-refractivity contribution in [1.29, 1.82) is 0 Å². The quantitative estimate of drug-likeness (QED) is 0.505. The van der Waals surface area contributed by atoms with Crippen LogP contribution >= 0.6 is 0 Å². The van der Waals surface area contributed by atoms with E-state index >= 15 is 0 Å². The largest absolute Gasteiger partial charge is 0.393 e. The summed E-state index contributed by atoms with van der Waals surface area (Å²) in [5, 5.41) is 11.9. The molecule has 0 aromatic carbocycles. The zero-order valence-electron chi connectivity index (χ0n) is 21.4. The van der Waals surface area contributed by atoms with Crippen molar-refractivity contribution in [2.24, 2.45) is 40.4 Å². The summed E-state index contributed by atoms with van der Waals surface area (Å²) in [5.74, 6) is 3.99. The van der Waals surface area contributed by atoms with E-state index in [-0.39, 0.29) is 12.0 Å². The van der Waals surface area contributed by atoms with Crippen molar-refractivity contribution in [2.75, 3.05) is 13.2 Å². The zero-order chi connectivity index (χ0) is 23.2. The van der Waals surface area contributed by atoms with E-state index in [0.29, 0.717) is 29.8 Å². The Hall–Kier alpha value is -0.870. The summed E-state index contributed by atoms with van der Waals surface area (Å²) in [4.78, 5) is 18.5. The molecule has 5 rings (SSSR count). The van der Waals surface area contributed by atoms with Gasteiger partial charge in [-0.05, 0) is 117 Å². The molecule has 33 heavy (non-hydrogen) atoms. The fourth-order valence-corrected chi connectivity index (χ4v) is 9.26. The molecular weight excluding hydrogens is 410 g/mol. The number of aliphatic hydroxyl groups is 1. The summed E-state index contributed by atoms with van der Waals surface area (Å²) < 4.78 is 0. The molecule has 1 aliphatic heterocycles. The Kier molecular flexibility index (Phi) is 6.72. The molecule has 4 aliphatic carbocycles. The number of amides is 1. The molecule has 0 aromatic rings. The fourth-order valence-electron chi connectivity index (χ4n) is 9.26. The molecule has 186 valence electrons. The Labute approximate surface area is 201 Å². The van der Waals surface area contributed by atoms with Crippen molar-refractivity contribution in [1.82, 2.24) is 5.06 Å². The summed E-state index contributed by atoms with van der Waals surface area (Å²) in [7, 11) is 0. The monoisotopic (exact) mass is 457 g/mol. The Morgan fingerprint density at radius 2 is 2.00 bits per heavy atom. The van der Waals surface area contributed by atoms with Gasteiger partial charge in [0, 0.05) is 13.0 Å². The average molecular weight is 458 g/mol. The number of fused-ring (bicyclic) bond motifs is 5. The third-order valence-electron chi connectivity index (χ3n) is 11.2. The molecule has 1 amide bonds. The Morgan fingerprint density at radius 3 is 2.85 bits per heavy atom. The van der Waals surface area contributed by atoms with Gasteiger partial charge < -0.3 is 5.11 Å². The first-order chi connectivity index (χ1) is 15.8. The lowest BCUT2D eigenvalue weighted by Gasteiger charge is -2.58. The second-order valence-corrected chi connectivity index (χ2v) is 12.8. The molecule has 1 N–H and O–H groups in total. The minimum absolute atomic E-state index is 0.117. The molecule has 4 heteroatoms. The van der Waals surface area contributed by atoms with Crippen LogP contribution in [0.3, 0.4) is 0 Å². The molecule has 3 saturated carbocycles. The van der Waals surface area contributed by atoms with Crippen molar-refractivity contribution < 1.29 is 14.7 Å². The highest BCUT2D eigenvalue weighted by molar-refractivity contribution is 5.75. The van der Waals surface area contributed by atoms with Gasteiger partial charge >= 0.3 is 0 Å². The Morgan fingerprint density at radius 1 is 1.15 bits per heavy atom.